The largest absolute Gasteiger partial charge is 0.381 e. The number of nitrogens with one attached hydrogen (secondary N) is 1. The molecule has 1 N–H and O–H groups in total. The Labute approximate surface area is 139 Å². The van der Waals surface area contributed by atoms with E-state index >= 15 is 0 Å². The summed E-state index contributed by atoms with van der Waals surface area (Å²) in [7, 11) is 1.65. The van der Waals surface area contributed by atoms with Gasteiger partial charge in [-0.2, -0.15) is 0 Å². The zero-order valence-electron chi connectivity index (χ0n) is 13.5. The van der Waals surface area contributed by atoms with Crippen molar-refractivity contribution in [2.75, 3.05) is 26.9 Å². The number of hydrogen-bond donors (Lipinski definition) is 1. The van der Waals surface area contributed by atoms with Gasteiger partial charge in [0, 0.05) is 45.4 Å². The molecule has 1 amide bonds. The second kappa shape index (κ2) is 7.11. The summed E-state index contributed by atoms with van der Waals surface area (Å²) >= 11 is 0. The lowest BCUT2D eigenvalue weighted by Crippen LogP contribution is -2.48. The summed E-state index contributed by atoms with van der Waals surface area (Å²) in [6.07, 6.45) is 4.49. The number of carbonyl (C=O) groups is 1. The van der Waals surface area contributed by atoms with E-state index in [1.807, 2.05) is 0 Å². The smallest absolute Gasteiger partial charge is 0.270 e. The number of halogens is 1. The lowest BCUT2D eigenvalue weighted by Gasteiger charge is -2.35. The fraction of sp³-hybridized carbons (Fsp3) is 0.412. The van der Waals surface area contributed by atoms with Crippen molar-refractivity contribution in [3.8, 4) is 5.69 Å². The number of aromatic nitrogens is 2. The molecule has 0 radical (unpaired) electrons. The molecule has 1 saturated heterocycles. The van der Waals surface area contributed by atoms with Crippen molar-refractivity contribution in [2.45, 2.75) is 18.4 Å². The molecule has 1 aliphatic heterocycles. The fourth-order valence-electron chi connectivity index (χ4n) is 2.80. The average molecular weight is 333 g/mol. The van der Waals surface area contributed by atoms with Gasteiger partial charge in [0.1, 0.15) is 11.5 Å². The Kier molecular flexibility index (Phi) is 4.92. The molecule has 0 bridgehead atoms. The summed E-state index contributed by atoms with van der Waals surface area (Å²) in [5.41, 5.74) is 0.667. The highest BCUT2D eigenvalue weighted by Gasteiger charge is 2.33. The van der Waals surface area contributed by atoms with Gasteiger partial charge in [-0.1, -0.05) is 0 Å². The Morgan fingerprint density at radius 1 is 1.38 bits per heavy atom. The van der Waals surface area contributed by atoms with E-state index in [2.05, 4.69) is 10.3 Å². The monoisotopic (exact) mass is 333 g/mol. The highest BCUT2D eigenvalue weighted by molar-refractivity contribution is 5.93. The van der Waals surface area contributed by atoms with Crippen molar-refractivity contribution in [1.29, 1.82) is 0 Å². The molecule has 0 saturated carbocycles. The molecule has 1 aromatic carbocycles. The van der Waals surface area contributed by atoms with Gasteiger partial charge in [-0.05, 0) is 24.3 Å². The van der Waals surface area contributed by atoms with Crippen LogP contribution in [-0.2, 0) is 9.47 Å². The summed E-state index contributed by atoms with van der Waals surface area (Å²) < 4.78 is 25.7. The van der Waals surface area contributed by atoms with Gasteiger partial charge in [-0.3, -0.25) is 9.36 Å². The Bertz CT molecular complexity index is 693. The van der Waals surface area contributed by atoms with E-state index in [9.17, 15) is 9.18 Å². The summed E-state index contributed by atoms with van der Waals surface area (Å²) in [6, 6.07) is 5.89. The molecule has 2 heterocycles. The van der Waals surface area contributed by atoms with Crippen LogP contribution in [0.3, 0.4) is 0 Å². The van der Waals surface area contributed by atoms with E-state index in [1.165, 1.54) is 24.7 Å². The number of methoxy groups -OCH3 is 1. The molecular formula is C17H20FN3O3. The zero-order chi connectivity index (χ0) is 17.0. The summed E-state index contributed by atoms with van der Waals surface area (Å²) in [6.45, 7) is 1.65. The number of benzene rings is 1. The minimum Gasteiger partial charge on any atom is -0.381 e. The van der Waals surface area contributed by atoms with Crippen LogP contribution in [0.1, 0.15) is 23.3 Å². The van der Waals surface area contributed by atoms with Gasteiger partial charge < -0.3 is 14.8 Å². The first kappa shape index (κ1) is 16.6. The molecule has 1 fully saturated rings. The van der Waals surface area contributed by atoms with E-state index in [0.29, 0.717) is 31.1 Å². The van der Waals surface area contributed by atoms with Crippen LogP contribution in [0.5, 0.6) is 0 Å². The lowest BCUT2D eigenvalue weighted by molar-refractivity contribution is -0.0864. The van der Waals surface area contributed by atoms with Gasteiger partial charge in [0.15, 0.2) is 0 Å². The van der Waals surface area contributed by atoms with Crippen molar-refractivity contribution < 1.29 is 18.7 Å². The second-order valence-electron chi connectivity index (χ2n) is 5.81. The van der Waals surface area contributed by atoms with Crippen molar-refractivity contribution in [3.63, 3.8) is 0 Å². The maximum atomic E-state index is 13.1. The van der Waals surface area contributed by atoms with Crippen molar-refractivity contribution in [1.82, 2.24) is 14.9 Å². The number of amides is 1. The van der Waals surface area contributed by atoms with Gasteiger partial charge in [0.05, 0.1) is 18.1 Å². The minimum absolute atomic E-state index is 0.250. The number of hydrogen-bond acceptors (Lipinski definition) is 4. The van der Waals surface area contributed by atoms with Crippen molar-refractivity contribution >= 4 is 5.91 Å². The topological polar surface area (TPSA) is 65.4 Å². The maximum Gasteiger partial charge on any atom is 0.270 e. The van der Waals surface area contributed by atoms with E-state index in [1.54, 1.807) is 23.8 Å². The first-order valence-electron chi connectivity index (χ1n) is 7.83. The predicted molar refractivity (Wildman–Crippen MR) is 85.6 cm³/mol. The molecule has 128 valence electrons. The molecule has 3 rings (SSSR count). The van der Waals surface area contributed by atoms with Crippen molar-refractivity contribution in [3.05, 3.63) is 48.3 Å². The Balaban J connectivity index is 1.72. The Morgan fingerprint density at radius 2 is 2.08 bits per heavy atom. The molecule has 2 aromatic rings. The van der Waals surface area contributed by atoms with Gasteiger partial charge in [0.25, 0.3) is 5.91 Å². The molecule has 1 aromatic heterocycles. The molecule has 6 nitrogen and oxygen atoms in total. The highest BCUT2D eigenvalue weighted by Crippen LogP contribution is 2.23. The van der Waals surface area contributed by atoms with E-state index < -0.39 is 5.60 Å². The number of imidazole rings is 1. The van der Waals surface area contributed by atoms with Crippen LogP contribution in [0.15, 0.2) is 36.8 Å². The van der Waals surface area contributed by atoms with Crippen LogP contribution < -0.4 is 5.32 Å². The number of carbonyl (C=O) groups excluding carboxylic acids is 1. The zero-order valence-corrected chi connectivity index (χ0v) is 13.5. The van der Waals surface area contributed by atoms with Crippen molar-refractivity contribution in [2.24, 2.45) is 0 Å². The molecule has 0 unspecified atom stereocenters. The Morgan fingerprint density at radius 3 is 2.75 bits per heavy atom. The van der Waals surface area contributed by atoms with Crippen LogP contribution in [0, 0.1) is 5.82 Å². The standard InChI is InChI=1S/C17H20FN3O3/c1-23-17(6-8-24-9-7-17)11-20-16(22)15-10-19-12-21(15)14-4-2-13(18)3-5-14/h2-5,10,12H,6-9,11H2,1H3,(H,20,22). The molecule has 0 spiro atoms. The summed E-state index contributed by atoms with van der Waals surface area (Å²) in [5, 5.41) is 2.91. The fourth-order valence-corrected chi connectivity index (χ4v) is 2.80. The third-order valence-electron chi connectivity index (χ3n) is 4.38. The van der Waals surface area contributed by atoms with E-state index in [4.69, 9.17) is 9.47 Å². The van der Waals surface area contributed by atoms with Crippen LogP contribution >= 0.6 is 0 Å². The first-order chi connectivity index (χ1) is 11.6. The molecule has 24 heavy (non-hydrogen) atoms. The Hall–Kier alpha value is -2.25. The van der Waals surface area contributed by atoms with Gasteiger partial charge in [0.2, 0.25) is 0 Å². The van der Waals surface area contributed by atoms with Crippen LogP contribution in [0.25, 0.3) is 5.69 Å². The summed E-state index contributed by atoms with van der Waals surface area (Å²) in [4.78, 5) is 16.6. The SMILES string of the molecule is COC1(CNC(=O)c2cncn2-c2ccc(F)cc2)CCOCC1. The second-order valence-corrected chi connectivity index (χ2v) is 5.81. The highest BCUT2D eigenvalue weighted by atomic mass is 19.1. The number of ether oxygens (including phenoxy) is 2. The van der Waals surface area contributed by atoms with E-state index in [0.717, 1.165) is 12.8 Å². The number of nitrogens with zero attached hydrogens (tertiary/aromatic N) is 2. The molecule has 7 heteroatoms. The molecule has 1 aliphatic rings. The normalized spacial score (nSPS) is 16.8. The molecular weight excluding hydrogens is 313 g/mol. The number of rotatable bonds is 5. The van der Waals surface area contributed by atoms with Crippen LogP contribution in [0.4, 0.5) is 4.39 Å². The predicted octanol–water partition coefficient (Wildman–Crippen LogP) is 1.94. The maximum absolute atomic E-state index is 13.1. The third-order valence-corrected chi connectivity index (χ3v) is 4.38. The van der Waals surface area contributed by atoms with Crippen LogP contribution in [-0.4, -0.2) is 47.9 Å². The van der Waals surface area contributed by atoms with Gasteiger partial charge in [-0.15, -0.1) is 0 Å². The minimum atomic E-state index is -0.394. The molecule has 0 aliphatic carbocycles. The van der Waals surface area contributed by atoms with Gasteiger partial charge >= 0.3 is 0 Å². The lowest BCUT2D eigenvalue weighted by atomic mass is 9.94. The van der Waals surface area contributed by atoms with Gasteiger partial charge in [-0.25, -0.2) is 9.37 Å². The summed E-state index contributed by atoms with van der Waals surface area (Å²) in [5.74, 6) is -0.578. The van der Waals surface area contributed by atoms with E-state index in [-0.39, 0.29) is 11.7 Å². The molecule has 0 atom stereocenters. The quantitative estimate of drug-likeness (QED) is 0.908. The third kappa shape index (κ3) is 3.47. The average Bonchev–Trinajstić information content (AvgIpc) is 3.11. The van der Waals surface area contributed by atoms with Crippen LogP contribution in [0.2, 0.25) is 0 Å². The first-order valence-corrected chi connectivity index (χ1v) is 7.83.